The molecule has 0 saturated carbocycles. The molecule has 0 saturated heterocycles. The zero-order valence-electron chi connectivity index (χ0n) is 21.6. The first-order chi connectivity index (χ1) is 18.6. The zero-order valence-corrected chi connectivity index (χ0v) is 21.6. The summed E-state index contributed by atoms with van der Waals surface area (Å²) in [6.07, 6.45) is 9.55. The number of hydrogen-bond acceptors (Lipinski definition) is 5. The van der Waals surface area contributed by atoms with E-state index in [4.69, 9.17) is 0 Å². The fourth-order valence-electron chi connectivity index (χ4n) is 4.78. The Morgan fingerprint density at radius 1 is 0.974 bits per heavy atom. The fourth-order valence-corrected chi connectivity index (χ4v) is 4.78. The third-order valence-corrected chi connectivity index (χ3v) is 6.69. The first-order valence-corrected chi connectivity index (χ1v) is 13.0. The number of aromatic amines is 1. The number of tetrazole rings is 1. The van der Waals surface area contributed by atoms with E-state index in [0.29, 0.717) is 24.5 Å². The van der Waals surface area contributed by atoms with E-state index in [1.807, 2.05) is 42.6 Å². The van der Waals surface area contributed by atoms with Crippen molar-refractivity contribution in [2.24, 2.45) is 0 Å². The fraction of sp³-hybridized carbons (Fsp3) is 0.276. The van der Waals surface area contributed by atoms with E-state index in [-0.39, 0.29) is 11.5 Å². The smallest absolute Gasteiger partial charge is 0.292 e. The van der Waals surface area contributed by atoms with Crippen molar-refractivity contribution >= 4 is 0 Å². The molecule has 0 spiro atoms. The number of nitrogens with one attached hydrogen (secondary N) is 1. The lowest BCUT2D eigenvalue weighted by Crippen LogP contribution is -2.26. The van der Waals surface area contributed by atoms with Gasteiger partial charge >= 0.3 is 5.69 Å². The van der Waals surface area contributed by atoms with Gasteiger partial charge in [0.1, 0.15) is 5.82 Å². The van der Waals surface area contributed by atoms with E-state index in [0.717, 1.165) is 59.2 Å². The van der Waals surface area contributed by atoms with Crippen LogP contribution in [0.15, 0.2) is 71.9 Å². The maximum absolute atomic E-state index is 15.0. The third kappa shape index (κ3) is 5.04. The van der Waals surface area contributed by atoms with Gasteiger partial charge in [-0.2, -0.15) is 5.21 Å². The number of H-pyrrole nitrogens is 1. The summed E-state index contributed by atoms with van der Waals surface area (Å²) in [7, 11) is 0. The number of rotatable bonds is 10. The highest BCUT2D eigenvalue weighted by atomic mass is 19.1. The highest BCUT2D eigenvalue weighted by Crippen LogP contribution is 2.29. The monoisotopic (exact) mass is 511 g/mol. The third-order valence-electron chi connectivity index (χ3n) is 6.69. The maximum Gasteiger partial charge on any atom is 0.333 e. The molecule has 0 aliphatic heterocycles. The number of hydrogen-bond donors (Lipinski definition) is 1. The van der Waals surface area contributed by atoms with Gasteiger partial charge in [-0.25, -0.2) is 9.18 Å². The minimum Gasteiger partial charge on any atom is -0.292 e. The van der Waals surface area contributed by atoms with Crippen molar-refractivity contribution in [3.63, 3.8) is 0 Å². The molecule has 0 radical (unpaired) electrons. The summed E-state index contributed by atoms with van der Waals surface area (Å²) < 4.78 is 18.3. The van der Waals surface area contributed by atoms with Crippen LogP contribution in [0.4, 0.5) is 4.39 Å². The van der Waals surface area contributed by atoms with Gasteiger partial charge in [-0.3, -0.25) is 14.1 Å². The van der Waals surface area contributed by atoms with Gasteiger partial charge in [-0.1, -0.05) is 63.1 Å². The Kier molecular flexibility index (Phi) is 7.53. The molecule has 194 valence electrons. The minimum absolute atomic E-state index is 0.228. The second-order valence-electron chi connectivity index (χ2n) is 9.31. The molecule has 3 heterocycles. The molecule has 1 N–H and O–H groups in total. The molecule has 0 amide bonds. The molecule has 3 aromatic heterocycles. The molecule has 0 fully saturated rings. The predicted octanol–water partition coefficient (Wildman–Crippen LogP) is 5.36. The van der Waals surface area contributed by atoms with Crippen molar-refractivity contribution in [3.8, 4) is 28.2 Å². The molecular weight excluding hydrogens is 481 g/mol. The Morgan fingerprint density at radius 3 is 2.55 bits per heavy atom. The van der Waals surface area contributed by atoms with E-state index in [9.17, 15) is 4.79 Å². The normalized spacial score (nSPS) is 11.2. The van der Waals surface area contributed by atoms with Crippen LogP contribution in [-0.2, 0) is 19.4 Å². The molecule has 0 atom stereocenters. The number of unbranched alkanes of at least 4 members (excludes halogenated alkanes) is 1. The standard InChI is InChI=1S/C29H30FN7O/c1-3-5-9-23-19-37(27-22(7-4-2)8-6-10-26(27)30)29(38)36(23)18-20-11-13-21(14-12-20)25-17-31-16-15-24(25)28-32-34-35-33-28/h6,8,10-17,19H,3-5,7,9,18H2,1-2H3,(H,32,33,34,35). The first kappa shape index (κ1) is 25.3. The molecule has 0 bridgehead atoms. The highest BCUT2D eigenvalue weighted by Gasteiger charge is 2.18. The van der Waals surface area contributed by atoms with Crippen LogP contribution in [0.1, 0.15) is 49.9 Å². The number of halogens is 1. The lowest BCUT2D eigenvalue weighted by Gasteiger charge is -2.11. The van der Waals surface area contributed by atoms with Gasteiger partial charge in [0.15, 0.2) is 0 Å². The topological polar surface area (TPSA) is 94.3 Å². The average molecular weight is 512 g/mol. The van der Waals surface area contributed by atoms with Gasteiger partial charge in [0.25, 0.3) is 0 Å². The Hall–Kier alpha value is -4.40. The summed E-state index contributed by atoms with van der Waals surface area (Å²) in [5.41, 5.74) is 5.50. The van der Waals surface area contributed by atoms with Crippen molar-refractivity contribution in [1.29, 1.82) is 0 Å². The van der Waals surface area contributed by atoms with E-state index in [1.54, 1.807) is 23.0 Å². The van der Waals surface area contributed by atoms with Gasteiger partial charge in [-0.15, -0.1) is 10.2 Å². The van der Waals surface area contributed by atoms with Crippen molar-refractivity contribution in [1.82, 2.24) is 34.7 Å². The van der Waals surface area contributed by atoms with E-state index in [2.05, 4.69) is 39.5 Å². The Bertz CT molecular complexity index is 1570. The molecular formula is C29H30FN7O. The summed E-state index contributed by atoms with van der Waals surface area (Å²) >= 11 is 0. The Labute approximate surface area is 220 Å². The number of aromatic nitrogens is 7. The minimum atomic E-state index is -0.379. The van der Waals surface area contributed by atoms with Crippen LogP contribution in [0.25, 0.3) is 28.2 Å². The first-order valence-electron chi connectivity index (χ1n) is 13.0. The number of para-hydroxylation sites is 1. The highest BCUT2D eigenvalue weighted by molar-refractivity contribution is 5.79. The quantitative estimate of drug-likeness (QED) is 0.272. The van der Waals surface area contributed by atoms with Gasteiger partial charge < -0.3 is 0 Å². The van der Waals surface area contributed by atoms with Crippen LogP contribution < -0.4 is 5.69 Å². The molecule has 5 rings (SSSR count). The van der Waals surface area contributed by atoms with E-state index < -0.39 is 0 Å². The largest absolute Gasteiger partial charge is 0.333 e. The Balaban J connectivity index is 1.50. The van der Waals surface area contributed by atoms with Crippen LogP contribution in [0.3, 0.4) is 0 Å². The molecule has 0 aliphatic rings. The van der Waals surface area contributed by atoms with Gasteiger partial charge in [-0.05, 0) is 53.3 Å². The van der Waals surface area contributed by atoms with Gasteiger partial charge in [0.05, 0.1) is 12.2 Å². The van der Waals surface area contributed by atoms with Crippen LogP contribution in [0.5, 0.6) is 0 Å². The summed E-state index contributed by atoms with van der Waals surface area (Å²) in [4.78, 5) is 17.9. The number of aryl methyl sites for hydroxylation is 2. The summed E-state index contributed by atoms with van der Waals surface area (Å²) in [5, 5.41) is 14.3. The number of benzene rings is 2. The van der Waals surface area contributed by atoms with Crippen molar-refractivity contribution < 1.29 is 4.39 Å². The number of pyridine rings is 1. The lowest BCUT2D eigenvalue weighted by molar-refractivity contribution is 0.609. The van der Waals surface area contributed by atoms with Crippen LogP contribution >= 0.6 is 0 Å². The SMILES string of the molecule is CCCCc1cn(-c2c(F)cccc2CCC)c(=O)n1Cc1ccc(-c2cnccc2-c2nn[nH]n2)cc1. The van der Waals surface area contributed by atoms with Crippen LogP contribution in [0.2, 0.25) is 0 Å². The van der Waals surface area contributed by atoms with Crippen molar-refractivity contribution in [2.45, 2.75) is 52.5 Å². The molecule has 0 unspecified atom stereocenters. The van der Waals surface area contributed by atoms with Crippen molar-refractivity contribution in [3.05, 3.63) is 100 Å². The molecule has 8 nitrogen and oxygen atoms in total. The van der Waals surface area contributed by atoms with E-state index in [1.165, 1.54) is 10.6 Å². The number of imidazole rings is 1. The van der Waals surface area contributed by atoms with Crippen molar-refractivity contribution in [2.75, 3.05) is 0 Å². The molecule has 5 aromatic rings. The zero-order chi connectivity index (χ0) is 26.5. The summed E-state index contributed by atoms with van der Waals surface area (Å²) in [6.45, 7) is 4.57. The van der Waals surface area contributed by atoms with Gasteiger partial charge in [0.2, 0.25) is 5.82 Å². The second kappa shape index (κ2) is 11.3. The lowest BCUT2D eigenvalue weighted by atomic mass is 10.0. The molecule has 38 heavy (non-hydrogen) atoms. The van der Waals surface area contributed by atoms with Crippen LogP contribution in [0, 0.1) is 5.82 Å². The second-order valence-corrected chi connectivity index (χ2v) is 9.31. The molecule has 0 aliphatic carbocycles. The summed E-state index contributed by atoms with van der Waals surface area (Å²) in [6, 6.07) is 14.9. The summed E-state index contributed by atoms with van der Waals surface area (Å²) in [5.74, 6) is 0.117. The number of nitrogens with zero attached hydrogens (tertiary/aromatic N) is 6. The Morgan fingerprint density at radius 2 is 1.82 bits per heavy atom. The molecule has 2 aromatic carbocycles. The maximum atomic E-state index is 15.0. The average Bonchev–Trinajstić information content (AvgIpc) is 3.58. The van der Waals surface area contributed by atoms with Crippen LogP contribution in [-0.4, -0.2) is 34.7 Å². The molecule has 9 heteroatoms. The van der Waals surface area contributed by atoms with E-state index >= 15 is 4.39 Å². The predicted molar refractivity (Wildman–Crippen MR) is 145 cm³/mol. The van der Waals surface area contributed by atoms with Gasteiger partial charge in [0, 0.05) is 35.4 Å².